The fraction of sp³-hybridized carbons (Fsp3) is 0.286. The molecule has 0 heteroatoms. The third-order valence-corrected chi connectivity index (χ3v) is 6.46. The Bertz CT molecular complexity index is 1140. The van der Waals surface area contributed by atoms with Crippen LogP contribution in [-0.2, 0) is 5.41 Å². The van der Waals surface area contributed by atoms with Crippen LogP contribution >= 0.6 is 0 Å². The van der Waals surface area contributed by atoms with Gasteiger partial charge in [0, 0.05) is 0 Å². The number of hydrogen-bond donors (Lipinski definition) is 0. The Hall–Kier alpha value is -2.60. The largest absolute Gasteiger partial charge is 0.0779 e. The predicted octanol–water partition coefficient (Wildman–Crippen LogP) is 7.73. The summed E-state index contributed by atoms with van der Waals surface area (Å²) in [6, 6.07) is 22.9. The zero-order valence-corrected chi connectivity index (χ0v) is 17.3. The summed E-state index contributed by atoms with van der Waals surface area (Å²) in [5, 5.41) is 2.75. The van der Waals surface area contributed by atoms with Crippen molar-refractivity contribution >= 4 is 16.3 Å². The van der Waals surface area contributed by atoms with E-state index in [4.69, 9.17) is 0 Å². The van der Waals surface area contributed by atoms with Gasteiger partial charge in [0.1, 0.15) is 0 Å². The van der Waals surface area contributed by atoms with E-state index in [9.17, 15) is 0 Å². The quantitative estimate of drug-likeness (QED) is 0.415. The highest BCUT2D eigenvalue weighted by Crippen LogP contribution is 2.51. The first-order chi connectivity index (χ1) is 13.4. The van der Waals surface area contributed by atoms with Gasteiger partial charge in [-0.05, 0) is 68.3 Å². The van der Waals surface area contributed by atoms with Crippen molar-refractivity contribution in [1.29, 1.82) is 0 Å². The molecule has 0 spiro atoms. The normalized spacial score (nSPS) is 19.4. The van der Waals surface area contributed by atoms with Crippen LogP contribution in [0, 0.1) is 11.5 Å². The molecule has 139 valence electrons. The van der Waals surface area contributed by atoms with Gasteiger partial charge in [-0.2, -0.15) is 0 Å². The van der Waals surface area contributed by atoms with Crippen LogP contribution in [0.25, 0.3) is 27.5 Å². The van der Waals surface area contributed by atoms with Crippen LogP contribution in [0.15, 0.2) is 72.3 Å². The molecule has 0 aromatic heterocycles. The molecule has 0 N–H and O–H groups in total. The van der Waals surface area contributed by atoms with Crippen molar-refractivity contribution < 1.29 is 0 Å². The number of benzene rings is 3. The van der Waals surface area contributed by atoms with Gasteiger partial charge in [0.2, 0.25) is 0 Å². The summed E-state index contributed by atoms with van der Waals surface area (Å²) in [5.41, 5.74) is 9.01. The summed E-state index contributed by atoms with van der Waals surface area (Å²) in [7, 11) is 0. The average molecular weight is 364 g/mol. The molecule has 0 fully saturated rings. The van der Waals surface area contributed by atoms with Gasteiger partial charge >= 0.3 is 0 Å². The standard InChI is InChI=1S/C28H27/c1-27(2)16-15-22-20(17-27)18-28(3,4)26-24-12-8-11-21(19-9-6-5-7-10-19)23(24)13-14-25(22)26/h6-16H,17-18H2,1-4H3. The van der Waals surface area contributed by atoms with Crippen molar-refractivity contribution in [3.05, 3.63) is 89.5 Å². The maximum atomic E-state index is 3.14. The summed E-state index contributed by atoms with van der Waals surface area (Å²) in [5.74, 6) is 0. The Kier molecular flexibility index (Phi) is 3.72. The molecule has 0 bridgehead atoms. The number of rotatable bonds is 1. The number of fused-ring (bicyclic) bond motifs is 4. The van der Waals surface area contributed by atoms with E-state index in [1.807, 2.05) is 12.1 Å². The first-order valence-electron chi connectivity index (χ1n) is 10.3. The van der Waals surface area contributed by atoms with Crippen LogP contribution in [0.5, 0.6) is 0 Å². The van der Waals surface area contributed by atoms with E-state index in [1.165, 1.54) is 45.0 Å². The van der Waals surface area contributed by atoms with E-state index >= 15 is 0 Å². The van der Waals surface area contributed by atoms with Crippen molar-refractivity contribution in [2.24, 2.45) is 5.41 Å². The summed E-state index contributed by atoms with van der Waals surface area (Å²) in [6.07, 6.45) is 7.09. The molecular weight excluding hydrogens is 336 g/mol. The zero-order chi connectivity index (χ0) is 19.5. The molecule has 0 aliphatic heterocycles. The minimum Gasteiger partial charge on any atom is -0.0779 e. The van der Waals surface area contributed by atoms with Crippen LogP contribution in [-0.4, -0.2) is 0 Å². The molecule has 3 aromatic rings. The van der Waals surface area contributed by atoms with Crippen LogP contribution in [0.2, 0.25) is 0 Å². The minimum atomic E-state index is 0.137. The van der Waals surface area contributed by atoms with Gasteiger partial charge in [0.25, 0.3) is 0 Å². The maximum absolute atomic E-state index is 3.14. The molecule has 0 heterocycles. The number of hydrogen-bond acceptors (Lipinski definition) is 0. The highest BCUT2D eigenvalue weighted by atomic mass is 14.4. The third kappa shape index (κ3) is 2.66. The van der Waals surface area contributed by atoms with E-state index in [2.05, 4.69) is 88.4 Å². The Balaban J connectivity index is 1.79. The van der Waals surface area contributed by atoms with Crippen LogP contribution in [0.1, 0.15) is 51.7 Å². The van der Waals surface area contributed by atoms with Gasteiger partial charge in [-0.15, -0.1) is 0 Å². The van der Waals surface area contributed by atoms with Gasteiger partial charge in [-0.1, -0.05) is 100 Å². The Labute approximate surface area is 168 Å². The van der Waals surface area contributed by atoms with Crippen LogP contribution in [0.4, 0.5) is 0 Å². The molecule has 0 saturated carbocycles. The molecule has 0 saturated heterocycles. The molecule has 0 atom stereocenters. The first kappa shape index (κ1) is 17.5. The van der Waals surface area contributed by atoms with Crippen LogP contribution in [0.3, 0.4) is 0 Å². The van der Waals surface area contributed by atoms with Crippen molar-refractivity contribution in [3.8, 4) is 11.1 Å². The smallest absolute Gasteiger partial charge is 0.00538 e. The zero-order valence-electron chi connectivity index (χ0n) is 17.3. The van der Waals surface area contributed by atoms with E-state index in [0.29, 0.717) is 0 Å². The lowest BCUT2D eigenvalue weighted by atomic mass is 9.64. The van der Waals surface area contributed by atoms with Crippen molar-refractivity contribution in [3.63, 3.8) is 0 Å². The Morgan fingerprint density at radius 3 is 2.36 bits per heavy atom. The summed E-state index contributed by atoms with van der Waals surface area (Å²) in [4.78, 5) is 0. The third-order valence-electron chi connectivity index (χ3n) is 6.46. The van der Waals surface area contributed by atoms with E-state index in [-0.39, 0.29) is 10.8 Å². The van der Waals surface area contributed by atoms with Crippen LogP contribution < -0.4 is 0 Å². The second kappa shape index (κ2) is 5.95. The monoisotopic (exact) mass is 363 g/mol. The summed E-state index contributed by atoms with van der Waals surface area (Å²) in [6.45, 7) is 9.54. The van der Waals surface area contributed by atoms with Gasteiger partial charge in [0.05, 0.1) is 0 Å². The van der Waals surface area contributed by atoms with Crippen molar-refractivity contribution in [1.82, 2.24) is 0 Å². The van der Waals surface area contributed by atoms with E-state index in [0.717, 1.165) is 6.42 Å². The molecule has 28 heavy (non-hydrogen) atoms. The van der Waals surface area contributed by atoms with Crippen molar-refractivity contribution in [2.45, 2.75) is 46.0 Å². The first-order valence-corrected chi connectivity index (χ1v) is 10.3. The summed E-state index contributed by atoms with van der Waals surface area (Å²) < 4.78 is 0. The lowest BCUT2D eigenvalue weighted by Gasteiger charge is -2.40. The number of allylic oxidation sites excluding steroid dienone is 4. The molecule has 2 aliphatic carbocycles. The van der Waals surface area contributed by atoms with Gasteiger partial charge in [-0.3, -0.25) is 0 Å². The average Bonchev–Trinajstić information content (AvgIpc) is 2.66. The molecular formula is C28H27. The summed E-state index contributed by atoms with van der Waals surface area (Å²) >= 11 is 0. The highest BCUT2D eigenvalue weighted by Gasteiger charge is 2.36. The highest BCUT2D eigenvalue weighted by molar-refractivity contribution is 6.02. The SMILES string of the molecule is CC1(C)C=CC2=C(C1)CC(C)(C)c1c2ccc2c(-c3cc[c]cc3)cccc12. The lowest BCUT2D eigenvalue weighted by Crippen LogP contribution is -2.27. The van der Waals surface area contributed by atoms with Gasteiger partial charge < -0.3 is 0 Å². The second-order valence-corrected chi connectivity index (χ2v) is 9.75. The van der Waals surface area contributed by atoms with Crippen molar-refractivity contribution in [2.75, 3.05) is 0 Å². The topological polar surface area (TPSA) is 0 Å². The molecule has 5 rings (SSSR count). The molecule has 0 amide bonds. The van der Waals surface area contributed by atoms with Gasteiger partial charge in [-0.25, -0.2) is 0 Å². The maximum Gasteiger partial charge on any atom is -0.00538 e. The van der Waals surface area contributed by atoms with E-state index in [1.54, 1.807) is 5.57 Å². The molecule has 3 aromatic carbocycles. The lowest BCUT2D eigenvalue weighted by molar-refractivity contribution is 0.429. The Morgan fingerprint density at radius 2 is 1.57 bits per heavy atom. The molecule has 2 aliphatic rings. The molecule has 1 radical (unpaired) electrons. The second-order valence-electron chi connectivity index (χ2n) is 9.75. The van der Waals surface area contributed by atoms with E-state index < -0.39 is 0 Å². The fourth-order valence-electron chi connectivity index (χ4n) is 5.32. The Morgan fingerprint density at radius 1 is 0.786 bits per heavy atom. The fourth-order valence-corrected chi connectivity index (χ4v) is 5.32. The predicted molar refractivity (Wildman–Crippen MR) is 120 cm³/mol. The minimum absolute atomic E-state index is 0.137. The van der Waals surface area contributed by atoms with Gasteiger partial charge in [0.15, 0.2) is 0 Å². The molecule has 0 unspecified atom stereocenters. The molecule has 0 nitrogen and oxygen atoms in total.